The number of nitrogens with zero attached hydrogens (tertiary/aromatic N) is 1. The predicted octanol–water partition coefficient (Wildman–Crippen LogP) is 3.61. The highest BCUT2D eigenvalue weighted by atomic mass is 16.2. The molecule has 21 heavy (non-hydrogen) atoms. The monoisotopic (exact) mass is 279 g/mol. The summed E-state index contributed by atoms with van der Waals surface area (Å²) in [5, 5.41) is 0. The molecule has 2 aromatic rings. The lowest BCUT2D eigenvalue weighted by atomic mass is 9.73. The van der Waals surface area contributed by atoms with Crippen LogP contribution in [0.3, 0.4) is 0 Å². The Morgan fingerprint density at radius 1 is 1.00 bits per heavy atom. The Labute approximate surface area is 126 Å². The molecule has 108 valence electrons. The van der Waals surface area contributed by atoms with E-state index in [0.29, 0.717) is 0 Å². The summed E-state index contributed by atoms with van der Waals surface area (Å²) < 4.78 is 0. The van der Waals surface area contributed by atoms with E-state index in [9.17, 15) is 4.79 Å². The number of benzene rings is 2. The van der Waals surface area contributed by atoms with E-state index in [1.807, 2.05) is 17.0 Å². The van der Waals surface area contributed by atoms with Crippen LogP contribution in [0.1, 0.15) is 31.4 Å². The first-order valence-corrected chi connectivity index (χ1v) is 7.52. The molecule has 0 bridgehead atoms. The van der Waals surface area contributed by atoms with Gasteiger partial charge in [-0.3, -0.25) is 4.79 Å². The first kappa shape index (κ1) is 13.9. The van der Waals surface area contributed by atoms with Crippen LogP contribution < -0.4 is 0 Å². The smallest absolute Gasteiger partial charge is 0.219 e. The largest absolute Gasteiger partial charge is 0.339 e. The van der Waals surface area contributed by atoms with Gasteiger partial charge in [0.05, 0.1) is 0 Å². The first-order valence-electron chi connectivity index (χ1n) is 7.52. The summed E-state index contributed by atoms with van der Waals surface area (Å²) >= 11 is 0. The molecule has 0 radical (unpaired) electrons. The van der Waals surface area contributed by atoms with Crippen molar-refractivity contribution in [2.24, 2.45) is 0 Å². The van der Waals surface area contributed by atoms with Crippen LogP contribution in [-0.4, -0.2) is 23.4 Å². The Bertz CT molecular complexity index is 581. The molecule has 1 fully saturated rings. The number of hydrogen-bond acceptors (Lipinski definition) is 1. The second-order valence-corrected chi connectivity index (χ2v) is 6.01. The molecule has 1 atom stereocenters. The minimum absolute atomic E-state index is 0.0897. The molecule has 0 saturated carbocycles. The van der Waals surface area contributed by atoms with Crippen molar-refractivity contribution in [1.29, 1.82) is 0 Å². The molecular formula is C19H21NO. The van der Waals surface area contributed by atoms with Crippen LogP contribution in [0.5, 0.6) is 0 Å². The van der Waals surface area contributed by atoms with E-state index in [1.165, 1.54) is 11.1 Å². The average Bonchev–Trinajstić information content (AvgIpc) is 2.88. The highest BCUT2D eigenvalue weighted by molar-refractivity contribution is 5.74. The molecule has 0 aromatic heterocycles. The molecule has 0 aliphatic carbocycles. The Morgan fingerprint density at radius 3 is 1.86 bits per heavy atom. The van der Waals surface area contributed by atoms with Crippen molar-refractivity contribution in [3.8, 4) is 0 Å². The van der Waals surface area contributed by atoms with Crippen LogP contribution in [0, 0.1) is 0 Å². The van der Waals surface area contributed by atoms with Crippen LogP contribution >= 0.6 is 0 Å². The summed E-state index contributed by atoms with van der Waals surface area (Å²) in [5.41, 5.74) is 2.51. The minimum atomic E-state index is -0.0897. The van der Waals surface area contributed by atoms with E-state index in [4.69, 9.17) is 0 Å². The van der Waals surface area contributed by atoms with Crippen LogP contribution in [0.4, 0.5) is 0 Å². The fraction of sp³-hybridized carbons (Fsp3) is 0.316. The lowest BCUT2D eigenvalue weighted by Crippen LogP contribution is -2.35. The summed E-state index contributed by atoms with van der Waals surface area (Å²) in [5.74, 6) is 0.163. The van der Waals surface area contributed by atoms with Crippen molar-refractivity contribution < 1.29 is 4.79 Å². The SMILES string of the molecule is CC(=O)N1CC(c2ccccc2)(c2ccccc2)C[C@H]1C. The zero-order chi connectivity index (χ0) is 14.9. The zero-order valence-electron chi connectivity index (χ0n) is 12.6. The van der Waals surface area contributed by atoms with E-state index in [0.717, 1.165) is 13.0 Å². The van der Waals surface area contributed by atoms with E-state index < -0.39 is 0 Å². The van der Waals surface area contributed by atoms with Gasteiger partial charge in [-0.05, 0) is 24.5 Å². The molecule has 3 rings (SSSR count). The van der Waals surface area contributed by atoms with Gasteiger partial charge >= 0.3 is 0 Å². The molecule has 1 aliphatic heterocycles. The van der Waals surface area contributed by atoms with Crippen LogP contribution in [0.25, 0.3) is 0 Å². The predicted molar refractivity (Wildman–Crippen MR) is 85.1 cm³/mol. The fourth-order valence-electron chi connectivity index (χ4n) is 3.65. The topological polar surface area (TPSA) is 20.3 Å². The third-order valence-corrected chi connectivity index (χ3v) is 4.67. The maximum Gasteiger partial charge on any atom is 0.219 e. The summed E-state index contributed by atoms with van der Waals surface area (Å²) in [7, 11) is 0. The standard InChI is InChI=1S/C19H21NO/c1-15-13-19(14-20(15)16(2)21,17-9-5-3-6-10-17)18-11-7-4-8-12-18/h3-12,15H,13-14H2,1-2H3/t15-/m1/s1. The number of rotatable bonds is 2. The van der Waals surface area contributed by atoms with E-state index in [2.05, 4.69) is 55.5 Å². The third kappa shape index (κ3) is 2.35. The highest BCUT2D eigenvalue weighted by Crippen LogP contribution is 2.43. The number of carbonyl (C=O) groups excluding carboxylic acids is 1. The molecule has 1 saturated heterocycles. The van der Waals surface area contributed by atoms with Crippen LogP contribution in [0.15, 0.2) is 60.7 Å². The quantitative estimate of drug-likeness (QED) is 0.822. The van der Waals surface area contributed by atoms with Gasteiger partial charge in [0.1, 0.15) is 0 Å². The van der Waals surface area contributed by atoms with Crippen molar-refractivity contribution in [2.45, 2.75) is 31.7 Å². The van der Waals surface area contributed by atoms with Crippen molar-refractivity contribution >= 4 is 5.91 Å². The fourth-order valence-corrected chi connectivity index (χ4v) is 3.65. The van der Waals surface area contributed by atoms with Gasteiger partial charge in [-0.1, -0.05) is 60.7 Å². The molecule has 2 nitrogen and oxygen atoms in total. The molecule has 1 aliphatic rings. The molecule has 1 amide bonds. The van der Waals surface area contributed by atoms with Crippen molar-refractivity contribution in [2.75, 3.05) is 6.54 Å². The number of likely N-dealkylation sites (tertiary alicyclic amines) is 1. The molecule has 2 aromatic carbocycles. The first-order chi connectivity index (χ1) is 10.1. The maximum atomic E-state index is 11.9. The van der Waals surface area contributed by atoms with Crippen molar-refractivity contribution in [3.63, 3.8) is 0 Å². The second kappa shape index (κ2) is 5.36. The van der Waals surface area contributed by atoms with Gasteiger partial charge in [0.15, 0.2) is 0 Å². The number of amides is 1. The van der Waals surface area contributed by atoms with Gasteiger partial charge in [0, 0.05) is 24.9 Å². The molecule has 0 unspecified atom stereocenters. The van der Waals surface area contributed by atoms with Gasteiger partial charge in [-0.15, -0.1) is 0 Å². The van der Waals surface area contributed by atoms with Gasteiger partial charge < -0.3 is 4.90 Å². The van der Waals surface area contributed by atoms with Crippen LogP contribution in [0.2, 0.25) is 0 Å². The van der Waals surface area contributed by atoms with Gasteiger partial charge in [0.25, 0.3) is 0 Å². The maximum absolute atomic E-state index is 11.9. The van der Waals surface area contributed by atoms with Crippen molar-refractivity contribution in [3.05, 3.63) is 71.8 Å². The summed E-state index contributed by atoms with van der Waals surface area (Å²) in [6.45, 7) is 4.58. The Kier molecular flexibility index (Phi) is 3.54. The Balaban J connectivity index is 2.12. The van der Waals surface area contributed by atoms with Gasteiger partial charge in [0.2, 0.25) is 5.91 Å². The Hall–Kier alpha value is -2.09. The summed E-state index contributed by atoms with van der Waals surface area (Å²) in [6.07, 6.45) is 0.973. The minimum Gasteiger partial charge on any atom is -0.339 e. The Morgan fingerprint density at radius 2 is 1.48 bits per heavy atom. The van der Waals surface area contributed by atoms with E-state index in [-0.39, 0.29) is 17.4 Å². The summed E-state index contributed by atoms with van der Waals surface area (Å²) in [4.78, 5) is 13.9. The van der Waals surface area contributed by atoms with Crippen LogP contribution in [-0.2, 0) is 10.2 Å². The zero-order valence-corrected chi connectivity index (χ0v) is 12.6. The average molecular weight is 279 g/mol. The molecule has 1 heterocycles. The van der Waals surface area contributed by atoms with E-state index >= 15 is 0 Å². The van der Waals surface area contributed by atoms with E-state index in [1.54, 1.807) is 6.92 Å². The van der Waals surface area contributed by atoms with Gasteiger partial charge in [-0.2, -0.15) is 0 Å². The molecular weight excluding hydrogens is 258 g/mol. The van der Waals surface area contributed by atoms with Crippen molar-refractivity contribution in [1.82, 2.24) is 4.90 Å². The normalized spacial score (nSPS) is 20.5. The second-order valence-electron chi connectivity index (χ2n) is 6.01. The summed E-state index contributed by atoms with van der Waals surface area (Å²) in [6, 6.07) is 21.4. The number of carbonyl (C=O) groups is 1. The number of hydrogen-bond donors (Lipinski definition) is 0. The lowest BCUT2D eigenvalue weighted by molar-refractivity contribution is -0.129. The lowest BCUT2D eigenvalue weighted by Gasteiger charge is -2.30. The third-order valence-electron chi connectivity index (χ3n) is 4.67. The molecule has 0 N–H and O–H groups in total. The molecule has 2 heteroatoms. The highest BCUT2D eigenvalue weighted by Gasteiger charge is 2.45. The van der Waals surface area contributed by atoms with Gasteiger partial charge in [-0.25, -0.2) is 0 Å². The molecule has 0 spiro atoms.